The molecular weight excluding hydrogens is 262 g/mol. The number of carboxylic acid groups (broad SMARTS) is 1. The second kappa shape index (κ2) is 6.68. The summed E-state index contributed by atoms with van der Waals surface area (Å²) >= 11 is 0. The van der Waals surface area contributed by atoms with E-state index in [0.29, 0.717) is 12.1 Å². The van der Waals surface area contributed by atoms with E-state index in [4.69, 9.17) is 0 Å². The van der Waals surface area contributed by atoms with Gasteiger partial charge >= 0.3 is 5.97 Å². The molecule has 120 valence electrons. The monoisotopic (exact) mass is 293 g/mol. The lowest BCUT2D eigenvalue weighted by Gasteiger charge is -2.53. The highest BCUT2D eigenvalue weighted by Gasteiger charge is 2.46. The molecule has 3 aliphatic rings. The van der Waals surface area contributed by atoms with E-state index >= 15 is 0 Å². The average Bonchev–Trinajstić information content (AvgIpc) is 2.53. The number of rotatable bonds is 3. The first kappa shape index (κ1) is 15.3. The minimum Gasteiger partial charge on any atom is -0.480 e. The first-order valence-electron chi connectivity index (χ1n) is 9.22. The SMILES string of the molecule is CCC1CCCCC1N1C(C(=O)O)CCC2CCCCC21. The van der Waals surface area contributed by atoms with Crippen molar-refractivity contribution in [3.8, 4) is 0 Å². The summed E-state index contributed by atoms with van der Waals surface area (Å²) in [6, 6.07) is 0.892. The molecule has 5 atom stereocenters. The van der Waals surface area contributed by atoms with E-state index in [1.807, 2.05) is 0 Å². The Morgan fingerprint density at radius 2 is 1.62 bits per heavy atom. The molecule has 0 bridgehead atoms. The van der Waals surface area contributed by atoms with Crippen LogP contribution >= 0.6 is 0 Å². The Labute approximate surface area is 129 Å². The Balaban J connectivity index is 1.85. The van der Waals surface area contributed by atoms with Gasteiger partial charge in [0.2, 0.25) is 0 Å². The number of hydrogen-bond acceptors (Lipinski definition) is 2. The number of hydrogen-bond donors (Lipinski definition) is 1. The van der Waals surface area contributed by atoms with Crippen LogP contribution in [0.1, 0.15) is 77.6 Å². The van der Waals surface area contributed by atoms with Gasteiger partial charge in [-0.05, 0) is 50.4 Å². The molecule has 3 rings (SSSR count). The minimum atomic E-state index is -0.570. The Morgan fingerprint density at radius 3 is 2.33 bits per heavy atom. The van der Waals surface area contributed by atoms with Crippen LogP contribution in [0, 0.1) is 11.8 Å². The van der Waals surface area contributed by atoms with E-state index in [-0.39, 0.29) is 6.04 Å². The third kappa shape index (κ3) is 2.99. The molecule has 2 saturated carbocycles. The van der Waals surface area contributed by atoms with Crippen LogP contribution < -0.4 is 0 Å². The normalized spacial score (nSPS) is 41.5. The van der Waals surface area contributed by atoms with Crippen LogP contribution in [0.4, 0.5) is 0 Å². The number of aliphatic carboxylic acids is 1. The molecule has 2 aliphatic carbocycles. The van der Waals surface area contributed by atoms with Crippen LogP contribution in [0.15, 0.2) is 0 Å². The quantitative estimate of drug-likeness (QED) is 0.853. The first-order valence-corrected chi connectivity index (χ1v) is 9.22. The highest BCUT2D eigenvalue weighted by Crippen LogP contribution is 2.43. The van der Waals surface area contributed by atoms with Gasteiger partial charge in [0.1, 0.15) is 6.04 Å². The van der Waals surface area contributed by atoms with Crippen molar-refractivity contribution in [1.29, 1.82) is 0 Å². The third-order valence-corrected chi connectivity index (χ3v) is 6.48. The van der Waals surface area contributed by atoms with Gasteiger partial charge in [0.25, 0.3) is 0 Å². The summed E-state index contributed by atoms with van der Waals surface area (Å²) in [5.74, 6) is 0.925. The molecule has 0 aromatic carbocycles. The fourth-order valence-electron chi connectivity index (χ4n) is 5.45. The number of carbonyl (C=O) groups is 1. The maximum absolute atomic E-state index is 11.8. The standard InChI is InChI=1S/C18H31NO2/c1-2-13-7-3-5-9-15(13)19-16-10-6-4-8-14(16)11-12-17(19)18(20)21/h13-17H,2-12H2,1H3,(H,20,21). The van der Waals surface area contributed by atoms with Crippen molar-refractivity contribution in [2.24, 2.45) is 11.8 Å². The summed E-state index contributed by atoms with van der Waals surface area (Å²) in [4.78, 5) is 14.4. The number of piperidine rings is 1. The van der Waals surface area contributed by atoms with Gasteiger partial charge in [-0.25, -0.2) is 0 Å². The van der Waals surface area contributed by atoms with Crippen molar-refractivity contribution in [1.82, 2.24) is 4.90 Å². The second-order valence-corrected chi connectivity index (χ2v) is 7.51. The predicted octanol–water partition coefficient (Wildman–Crippen LogP) is 4.06. The van der Waals surface area contributed by atoms with E-state index in [0.717, 1.165) is 24.7 Å². The molecule has 1 saturated heterocycles. The second-order valence-electron chi connectivity index (χ2n) is 7.51. The fourth-order valence-corrected chi connectivity index (χ4v) is 5.45. The molecule has 0 spiro atoms. The van der Waals surface area contributed by atoms with Crippen LogP contribution in [0.2, 0.25) is 0 Å². The number of nitrogens with zero attached hydrogens (tertiary/aromatic N) is 1. The molecule has 0 amide bonds. The van der Waals surface area contributed by atoms with Crippen molar-refractivity contribution < 1.29 is 9.90 Å². The molecule has 0 aromatic rings. The zero-order valence-electron chi connectivity index (χ0n) is 13.5. The van der Waals surface area contributed by atoms with Gasteiger partial charge in [0.05, 0.1) is 0 Å². The lowest BCUT2D eigenvalue weighted by Crippen LogP contribution is -2.60. The predicted molar refractivity (Wildman–Crippen MR) is 84.3 cm³/mol. The molecule has 1 heterocycles. The van der Waals surface area contributed by atoms with Crippen molar-refractivity contribution in [2.45, 2.75) is 95.7 Å². The van der Waals surface area contributed by atoms with Crippen LogP contribution in [-0.4, -0.2) is 34.1 Å². The summed E-state index contributed by atoms with van der Waals surface area (Å²) in [6.45, 7) is 2.29. The van der Waals surface area contributed by atoms with Gasteiger partial charge in [-0.3, -0.25) is 9.69 Å². The number of carboxylic acids is 1. The molecule has 5 unspecified atom stereocenters. The largest absolute Gasteiger partial charge is 0.480 e. The van der Waals surface area contributed by atoms with E-state index in [1.54, 1.807) is 0 Å². The molecule has 3 fully saturated rings. The van der Waals surface area contributed by atoms with Crippen molar-refractivity contribution in [3.63, 3.8) is 0 Å². The van der Waals surface area contributed by atoms with Crippen LogP contribution in [0.5, 0.6) is 0 Å². The highest BCUT2D eigenvalue weighted by atomic mass is 16.4. The summed E-state index contributed by atoms with van der Waals surface area (Å²) in [5, 5.41) is 9.75. The van der Waals surface area contributed by atoms with E-state index in [1.165, 1.54) is 57.8 Å². The average molecular weight is 293 g/mol. The van der Waals surface area contributed by atoms with Gasteiger partial charge in [-0.1, -0.05) is 39.0 Å². The lowest BCUT2D eigenvalue weighted by molar-refractivity contribution is -0.152. The van der Waals surface area contributed by atoms with Crippen LogP contribution in [0.3, 0.4) is 0 Å². The Hall–Kier alpha value is -0.570. The number of fused-ring (bicyclic) bond motifs is 1. The molecule has 3 heteroatoms. The van der Waals surface area contributed by atoms with Gasteiger partial charge in [0, 0.05) is 12.1 Å². The maximum atomic E-state index is 11.8. The maximum Gasteiger partial charge on any atom is 0.320 e. The zero-order chi connectivity index (χ0) is 14.8. The molecule has 1 N–H and O–H groups in total. The first-order chi connectivity index (χ1) is 10.2. The summed E-state index contributed by atoms with van der Waals surface area (Å²) in [5.41, 5.74) is 0. The van der Waals surface area contributed by atoms with Gasteiger partial charge in [-0.15, -0.1) is 0 Å². The number of likely N-dealkylation sites (tertiary alicyclic amines) is 1. The Kier molecular flexibility index (Phi) is 4.88. The van der Waals surface area contributed by atoms with Gasteiger partial charge in [-0.2, -0.15) is 0 Å². The van der Waals surface area contributed by atoms with Gasteiger partial charge in [0.15, 0.2) is 0 Å². The Bertz CT molecular complexity index is 370. The van der Waals surface area contributed by atoms with Crippen LogP contribution in [-0.2, 0) is 4.79 Å². The lowest BCUT2D eigenvalue weighted by atomic mass is 9.72. The highest BCUT2D eigenvalue weighted by molar-refractivity contribution is 5.73. The molecule has 0 radical (unpaired) electrons. The molecule has 0 aromatic heterocycles. The molecule has 1 aliphatic heterocycles. The van der Waals surface area contributed by atoms with Crippen molar-refractivity contribution in [2.75, 3.05) is 0 Å². The molecule has 21 heavy (non-hydrogen) atoms. The summed E-state index contributed by atoms with van der Waals surface area (Å²) in [6.07, 6.45) is 13.6. The van der Waals surface area contributed by atoms with Crippen LogP contribution in [0.25, 0.3) is 0 Å². The smallest absolute Gasteiger partial charge is 0.320 e. The molecular formula is C18H31NO2. The van der Waals surface area contributed by atoms with Crippen molar-refractivity contribution >= 4 is 5.97 Å². The van der Waals surface area contributed by atoms with Gasteiger partial charge < -0.3 is 5.11 Å². The van der Waals surface area contributed by atoms with E-state index in [9.17, 15) is 9.90 Å². The van der Waals surface area contributed by atoms with E-state index in [2.05, 4.69) is 11.8 Å². The summed E-state index contributed by atoms with van der Waals surface area (Å²) < 4.78 is 0. The minimum absolute atomic E-state index is 0.207. The Morgan fingerprint density at radius 1 is 0.952 bits per heavy atom. The third-order valence-electron chi connectivity index (χ3n) is 6.48. The fraction of sp³-hybridized carbons (Fsp3) is 0.944. The van der Waals surface area contributed by atoms with E-state index < -0.39 is 5.97 Å². The zero-order valence-corrected chi connectivity index (χ0v) is 13.5. The molecule has 3 nitrogen and oxygen atoms in total. The topological polar surface area (TPSA) is 40.5 Å². The van der Waals surface area contributed by atoms with Crippen molar-refractivity contribution in [3.05, 3.63) is 0 Å². The summed E-state index contributed by atoms with van der Waals surface area (Å²) in [7, 11) is 0.